The second kappa shape index (κ2) is 7.29. The fraction of sp³-hybridized carbons (Fsp3) is 0.562. The molecule has 0 aliphatic heterocycles. The Bertz CT molecular complexity index is 398. The van der Waals surface area contributed by atoms with Crippen molar-refractivity contribution >= 4 is 5.97 Å². The number of hydrogen-bond donors (Lipinski definition) is 1. The van der Waals surface area contributed by atoms with E-state index >= 15 is 0 Å². The minimum absolute atomic E-state index is 0.0890. The second-order valence-electron chi connectivity index (χ2n) is 5.18. The van der Waals surface area contributed by atoms with Crippen molar-refractivity contribution in [2.45, 2.75) is 52.6 Å². The van der Waals surface area contributed by atoms with Gasteiger partial charge in [0, 0.05) is 12.1 Å². The summed E-state index contributed by atoms with van der Waals surface area (Å²) in [6.45, 7) is 8.43. The number of rotatable bonds is 7. The molecule has 19 heavy (non-hydrogen) atoms. The molecule has 106 valence electrons. The number of aliphatic carboxylic acids is 1. The van der Waals surface area contributed by atoms with E-state index in [4.69, 9.17) is 5.11 Å². The maximum absolute atomic E-state index is 11.0. The van der Waals surface area contributed by atoms with Crippen molar-refractivity contribution in [3.05, 3.63) is 35.4 Å². The van der Waals surface area contributed by atoms with E-state index in [1.165, 1.54) is 11.1 Å². The molecule has 0 heterocycles. The summed E-state index contributed by atoms with van der Waals surface area (Å²) in [7, 11) is 0. The lowest BCUT2D eigenvalue weighted by molar-refractivity contribution is -0.139. The zero-order valence-corrected chi connectivity index (χ0v) is 12.4. The third kappa shape index (κ3) is 4.35. The van der Waals surface area contributed by atoms with Gasteiger partial charge in [0.1, 0.15) is 0 Å². The SMILES string of the molecule is CCc1ccc(C(CC)N(CC(=O)O)C(C)C)cc1. The van der Waals surface area contributed by atoms with E-state index < -0.39 is 5.97 Å². The molecule has 0 aromatic heterocycles. The number of aryl methyl sites for hydroxylation is 1. The largest absolute Gasteiger partial charge is 0.480 e. The molecule has 0 fully saturated rings. The first-order valence-electron chi connectivity index (χ1n) is 7.05. The van der Waals surface area contributed by atoms with Gasteiger partial charge in [-0.25, -0.2) is 0 Å². The first-order chi connectivity index (χ1) is 8.99. The number of benzene rings is 1. The van der Waals surface area contributed by atoms with Gasteiger partial charge < -0.3 is 5.11 Å². The molecule has 1 rings (SSSR count). The first-order valence-corrected chi connectivity index (χ1v) is 7.05. The van der Waals surface area contributed by atoms with Crippen molar-refractivity contribution in [2.75, 3.05) is 6.54 Å². The maximum Gasteiger partial charge on any atom is 0.317 e. The Morgan fingerprint density at radius 2 is 1.79 bits per heavy atom. The van der Waals surface area contributed by atoms with E-state index in [-0.39, 0.29) is 18.6 Å². The molecule has 0 saturated carbocycles. The molecular weight excluding hydrogens is 238 g/mol. The second-order valence-corrected chi connectivity index (χ2v) is 5.18. The normalized spacial score (nSPS) is 12.9. The van der Waals surface area contributed by atoms with Gasteiger partial charge in [-0.05, 0) is 37.8 Å². The van der Waals surface area contributed by atoms with E-state index in [1.54, 1.807) is 0 Å². The van der Waals surface area contributed by atoms with Crippen molar-refractivity contribution in [3.63, 3.8) is 0 Å². The Kier molecular flexibility index (Phi) is 6.03. The maximum atomic E-state index is 11.0. The summed E-state index contributed by atoms with van der Waals surface area (Å²) in [5.41, 5.74) is 2.52. The van der Waals surface area contributed by atoms with Crippen LogP contribution in [0.15, 0.2) is 24.3 Å². The van der Waals surface area contributed by atoms with Crippen LogP contribution in [0, 0.1) is 0 Å². The summed E-state index contributed by atoms with van der Waals surface area (Å²) in [5, 5.41) is 9.06. The first kappa shape index (κ1) is 15.7. The summed E-state index contributed by atoms with van der Waals surface area (Å²) >= 11 is 0. The molecule has 1 N–H and O–H groups in total. The number of carbonyl (C=O) groups is 1. The molecule has 0 aliphatic carbocycles. The van der Waals surface area contributed by atoms with Gasteiger partial charge in [-0.15, -0.1) is 0 Å². The Morgan fingerprint density at radius 1 is 1.21 bits per heavy atom. The van der Waals surface area contributed by atoms with E-state index in [9.17, 15) is 4.79 Å². The average Bonchev–Trinajstić information content (AvgIpc) is 2.38. The highest BCUT2D eigenvalue weighted by molar-refractivity contribution is 5.69. The minimum atomic E-state index is -0.766. The van der Waals surface area contributed by atoms with Crippen LogP contribution in [0.3, 0.4) is 0 Å². The van der Waals surface area contributed by atoms with Crippen LogP contribution in [0.25, 0.3) is 0 Å². The molecule has 1 unspecified atom stereocenters. The van der Waals surface area contributed by atoms with Gasteiger partial charge in [0.2, 0.25) is 0 Å². The summed E-state index contributed by atoms with van der Waals surface area (Å²) < 4.78 is 0. The third-order valence-electron chi connectivity index (χ3n) is 3.54. The van der Waals surface area contributed by atoms with Gasteiger partial charge in [0.05, 0.1) is 6.54 Å². The molecule has 0 radical (unpaired) electrons. The fourth-order valence-corrected chi connectivity index (χ4v) is 2.45. The lowest BCUT2D eigenvalue weighted by Gasteiger charge is -2.33. The molecule has 0 aliphatic rings. The lowest BCUT2D eigenvalue weighted by Crippen LogP contribution is -2.38. The molecule has 0 bridgehead atoms. The zero-order chi connectivity index (χ0) is 14.4. The summed E-state index contributed by atoms with van der Waals surface area (Å²) in [6, 6.07) is 8.91. The molecule has 3 nitrogen and oxygen atoms in total. The number of carboxylic acid groups (broad SMARTS) is 1. The Morgan fingerprint density at radius 3 is 2.16 bits per heavy atom. The van der Waals surface area contributed by atoms with Crippen molar-refractivity contribution < 1.29 is 9.90 Å². The van der Waals surface area contributed by atoms with Gasteiger partial charge in [-0.3, -0.25) is 9.69 Å². The standard InChI is InChI=1S/C16H25NO2/c1-5-13-7-9-14(10-8-13)15(6-2)17(12(3)4)11-16(18)19/h7-10,12,15H,5-6,11H2,1-4H3,(H,18,19). The quantitative estimate of drug-likeness (QED) is 0.818. The van der Waals surface area contributed by atoms with E-state index in [2.05, 4.69) is 38.1 Å². The van der Waals surface area contributed by atoms with Crippen LogP contribution in [0.2, 0.25) is 0 Å². The molecule has 0 amide bonds. The molecule has 1 aromatic carbocycles. The van der Waals surface area contributed by atoms with E-state index in [0.717, 1.165) is 12.8 Å². The lowest BCUT2D eigenvalue weighted by atomic mass is 9.99. The monoisotopic (exact) mass is 263 g/mol. The van der Waals surface area contributed by atoms with Crippen LogP contribution in [-0.2, 0) is 11.2 Å². The van der Waals surface area contributed by atoms with Crippen LogP contribution in [0.5, 0.6) is 0 Å². The van der Waals surface area contributed by atoms with Gasteiger partial charge in [0.25, 0.3) is 0 Å². The van der Waals surface area contributed by atoms with Gasteiger partial charge in [-0.1, -0.05) is 38.1 Å². The molecular formula is C16H25NO2. The Hall–Kier alpha value is -1.35. The molecule has 1 atom stereocenters. The smallest absolute Gasteiger partial charge is 0.317 e. The van der Waals surface area contributed by atoms with E-state index in [1.807, 2.05) is 18.7 Å². The van der Waals surface area contributed by atoms with Crippen LogP contribution in [-0.4, -0.2) is 28.6 Å². The predicted molar refractivity (Wildman–Crippen MR) is 78.3 cm³/mol. The van der Waals surface area contributed by atoms with Gasteiger partial charge in [0.15, 0.2) is 0 Å². The number of carboxylic acids is 1. The van der Waals surface area contributed by atoms with Crippen LogP contribution >= 0.6 is 0 Å². The summed E-state index contributed by atoms with van der Waals surface area (Å²) in [4.78, 5) is 13.1. The molecule has 0 spiro atoms. The highest BCUT2D eigenvalue weighted by atomic mass is 16.4. The molecule has 3 heteroatoms. The van der Waals surface area contributed by atoms with Crippen LogP contribution in [0.4, 0.5) is 0 Å². The van der Waals surface area contributed by atoms with Gasteiger partial charge >= 0.3 is 5.97 Å². The Labute approximate surface area is 116 Å². The molecule has 0 saturated heterocycles. The van der Waals surface area contributed by atoms with Crippen molar-refractivity contribution in [1.29, 1.82) is 0 Å². The number of nitrogens with zero attached hydrogens (tertiary/aromatic N) is 1. The summed E-state index contributed by atoms with van der Waals surface area (Å²) in [6.07, 6.45) is 1.94. The summed E-state index contributed by atoms with van der Waals surface area (Å²) in [5.74, 6) is -0.766. The molecule has 1 aromatic rings. The fourth-order valence-electron chi connectivity index (χ4n) is 2.45. The van der Waals surface area contributed by atoms with Crippen LogP contribution in [0.1, 0.15) is 51.3 Å². The van der Waals surface area contributed by atoms with Crippen molar-refractivity contribution in [3.8, 4) is 0 Å². The van der Waals surface area contributed by atoms with Crippen LogP contribution < -0.4 is 0 Å². The topological polar surface area (TPSA) is 40.5 Å². The van der Waals surface area contributed by atoms with E-state index in [0.29, 0.717) is 0 Å². The highest BCUT2D eigenvalue weighted by Gasteiger charge is 2.23. The third-order valence-corrected chi connectivity index (χ3v) is 3.54. The Balaban J connectivity index is 2.97. The number of hydrogen-bond acceptors (Lipinski definition) is 2. The van der Waals surface area contributed by atoms with Crippen molar-refractivity contribution in [1.82, 2.24) is 4.90 Å². The highest BCUT2D eigenvalue weighted by Crippen LogP contribution is 2.26. The van der Waals surface area contributed by atoms with Crippen molar-refractivity contribution in [2.24, 2.45) is 0 Å². The minimum Gasteiger partial charge on any atom is -0.480 e. The van der Waals surface area contributed by atoms with Gasteiger partial charge in [-0.2, -0.15) is 0 Å². The zero-order valence-electron chi connectivity index (χ0n) is 12.4. The predicted octanol–water partition coefficient (Wildman–Crippen LogP) is 3.50. The average molecular weight is 263 g/mol.